The third kappa shape index (κ3) is 4.59. The number of esters is 1. The largest absolute Gasteiger partial charge is 0.476 e. The molecule has 0 rings (SSSR count). The molecule has 0 aliphatic rings. The number of carbonyl (C=O) groups excluding carboxylic acids is 1. The molecule has 1 unspecified atom stereocenters. The van der Waals surface area contributed by atoms with Crippen molar-refractivity contribution in [3.8, 4) is 0 Å². The lowest BCUT2D eigenvalue weighted by atomic mass is 10.2. The Morgan fingerprint density at radius 2 is 1.61 bits per heavy atom. The fourth-order valence-electron chi connectivity index (χ4n) is 0.874. The summed E-state index contributed by atoms with van der Waals surface area (Å²) in [5.74, 6) is -9.96. The Morgan fingerprint density at radius 3 is 1.87 bits per heavy atom. The van der Waals surface area contributed by atoms with Crippen LogP contribution in [-0.2, 0) is 29.2 Å². The van der Waals surface area contributed by atoms with Crippen molar-refractivity contribution >= 4 is 22.1 Å². The van der Waals surface area contributed by atoms with Crippen LogP contribution in [0.4, 0.5) is 22.0 Å². The SMILES string of the molecule is C=C(C)C(=O)OC(OCC(F)(F)S(=O)(=O)O)(C(=O)O)C(F)(F)F. The molecule has 0 saturated carbocycles. The summed E-state index contributed by atoms with van der Waals surface area (Å²) in [7, 11) is -6.22. The number of carboxylic acids is 1. The predicted molar refractivity (Wildman–Crippen MR) is 59.8 cm³/mol. The van der Waals surface area contributed by atoms with Gasteiger partial charge in [-0.15, -0.1) is 0 Å². The Balaban J connectivity index is 5.84. The van der Waals surface area contributed by atoms with Gasteiger partial charge < -0.3 is 14.6 Å². The molecule has 1 atom stereocenters. The van der Waals surface area contributed by atoms with E-state index in [-0.39, 0.29) is 0 Å². The first-order chi connectivity index (χ1) is 9.98. The number of ether oxygens (including phenoxy) is 2. The fourth-order valence-corrected chi connectivity index (χ4v) is 1.08. The number of aliphatic carboxylic acids is 1. The van der Waals surface area contributed by atoms with Crippen molar-refractivity contribution in [2.45, 2.75) is 24.1 Å². The molecule has 0 bridgehead atoms. The molecule has 0 aromatic heterocycles. The molecular weight excluding hydrogens is 363 g/mol. The van der Waals surface area contributed by atoms with Crippen molar-refractivity contribution in [2.24, 2.45) is 0 Å². The van der Waals surface area contributed by atoms with Crippen molar-refractivity contribution in [1.29, 1.82) is 0 Å². The van der Waals surface area contributed by atoms with Crippen LogP contribution in [0.1, 0.15) is 6.92 Å². The summed E-state index contributed by atoms with van der Waals surface area (Å²) in [6, 6.07) is 0. The van der Waals surface area contributed by atoms with Gasteiger partial charge in [0.1, 0.15) is 6.61 Å². The summed E-state index contributed by atoms with van der Waals surface area (Å²) >= 11 is 0. The first-order valence-electron chi connectivity index (χ1n) is 5.15. The van der Waals surface area contributed by atoms with E-state index in [0.29, 0.717) is 0 Å². The second-order valence-electron chi connectivity index (χ2n) is 3.99. The molecule has 0 aromatic carbocycles. The van der Waals surface area contributed by atoms with Crippen molar-refractivity contribution in [1.82, 2.24) is 0 Å². The van der Waals surface area contributed by atoms with Gasteiger partial charge in [0.05, 0.1) is 0 Å². The summed E-state index contributed by atoms with van der Waals surface area (Å²) in [4.78, 5) is 21.9. The van der Waals surface area contributed by atoms with Crippen LogP contribution in [-0.4, -0.2) is 53.8 Å². The van der Waals surface area contributed by atoms with Crippen LogP contribution in [0.5, 0.6) is 0 Å². The molecule has 23 heavy (non-hydrogen) atoms. The topological polar surface area (TPSA) is 127 Å². The number of carboxylic acid groups (broad SMARTS) is 1. The van der Waals surface area contributed by atoms with E-state index < -0.39 is 51.5 Å². The lowest BCUT2D eigenvalue weighted by Crippen LogP contribution is -2.59. The van der Waals surface area contributed by atoms with Crippen molar-refractivity contribution < 1.29 is 59.1 Å². The second-order valence-corrected chi connectivity index (χ2v) is 5.54. The summed E-state index contributed by atoms with van der Waals surface area (Å²) < 4.78 is 100. The van der Waals surface area contributed by atoms with Gasteiger partial charge in [0, 0.05) is 5.57 Å². The summed E-state index contributed by atoms with van der Waals surface area (Å²) in [6.45, 7) is 0.909. The first kappa shape index (κ1) is 21.2. The number of hydrogen-bond donors (Lipinski definition) is 2. The quantitative estimate of drug-likeness (QED) is 0.222. The molecule has 8 nitrogen and oxygen atoms in total. The standard InChI is InChI=1S/C9H9F5O8S/c1-4(2)5(15)22-8(6(16)17,9(12,13)14)21-3-7(10,11)23(18,19)20/h1,3H2,2H3,(H,16,17)(H,18,19,20). The van der Waals surface area contributed by atoms with Gasteiger partial charge in [-0.3, -0.25) is 4.55 Å². The minimum absolute atomic E-state index is 0.731. The van der Waals surface area contributed by atoms with Crippen LogP contribution < -0.4 is 0 Å². The number of rotatable bonds is 7. The van der Waals surface area contributed by atoms with Crippen molar-refractivity contribution in [3.05, 3.63) is 12.2 Å². The molecule has 0 aliphatic carbocycles. The van der Waals surface area contributed by atoms with Gasteiger partial charge in [0.2, 0.25) is 0 Å². The molecule has 0 saturated heterocycles. The Morgan fingerprint density at radius 1 is 1.17 bits per heavy atom. The van der Waals surface area contributed by atoms with Crippen LogP contribution in [0.2, 0.25) is 0 Å². The second kappa shape index (κ2) is 6.37. The van der Waals surface area contributed by atoms with E-state index >= 15 is 0 Å². The van der Waals surface area contributed by atoms with Crippen LogP contribution in [0.3, 0.4) is 0 Å². The molecule has 134 valence electrons. The van der Waals surface area contributed by atoms with E-state index in [0.717, 1.165) is 6.92 Å². The lowest BCUT2D eigenvalue weighted by Gasteiger charge is -2.31. The van der Waals surface area contributed by atoms with E-state index in [1.165, 1.54) is 0 Å². The van der Waals surface area contributed by atoms with Gasteiger partial charge >= 0.3 is 39.3 Å². The molecule has 0 fully saturated rings. The minimum atomic E-state index is -6.22. The highest BCUT2D eigenvalue weighted by Gasteiger charge is 2.68. The summed E-state index contributed by atoms with van der Waals surface area (Å²) in [5.41, 5.74) is -0.731. The van der Waals surface area contributed by atoms with E-state index in [1.807, 2.05) is 0 Å². The predicted octanol–water partition coefficient (Wildman–Crippen LogP) is 0.946. The molecular formula is C9H9F5O8S. The number of carbonyl (C=O) groups is 2. The molecule has 0 radical (unpaired) electrons. The smallest absolute Gasteiger partial charge is 0.468 e. The highest BCUT2D eigenvalue weighted by atomic mass is 32.2. The van der Waals surface area contributed by atoms with E-state index in [9.17, 15) is 40.0 Å². The number of hydrogen-bond acceptors (Lipinski definition) is 6. The molecule has 0 aliphatic heterocycles. The van der Waals surface area contributed by atoms with E-state index in [4.69, 9.17) is 9.66 Å². The average Bonchev–Trinajstić information content (AvgIpc) is 2.30. The lowest BCUT2D eigenvalue weighted by molar-refractivity contribution is -0.358. The maximum atomic E-state index is 12.9. The average molecular weight is 372 g/mol. The molecule has 0 heterocycles. The molecule has 0 aromatic rings. The van der Waals surface area contributed by atoms with Gasteiger partial charge in [-0.1, -0.05) is 6.58 Å². The van der Waals surface area contributed by atoms with E-state index in [2.05, 4.69) is 16.1 Å². The van der Waals surface area contributed by atoms with Crippen molar-refractivity contribution in [3.63, 3.8) is 0 Å². The monoisotopic (exact) mass is 372 g/mol. The van der Waals surface area contributed by atoms with Gasteiger partial charge in [-0.25, -0.2) is 9.59 Å². The number of halogens is 5. The normalized spacial score (nSPS) is 15.6. The molecule has 0 spiro atoms. The Kier molecular flexibility index (Phi) is 5.87. The maximum Gasteiger partial charge on any atom is 0.468 e. The zero-order valence-corrected chi connectivity index (χ0v) is 11.9. The first-order valence-corrected chi connectivity index (χ1v) is 6.60. The zero-order valence-electron chi connectivity index (χ0n) is 11.1. The summed E-state index contributed by atoms with van der Waals surface area (Å²) in [5, 5.41) is 3.28. The third-order valence-corrected chi connectivity index (χ3v) is 2.93. The van der Waals surface area contributed by atoms with Crippen LogP contribution in [0, 0.1) is 0 Å². The molecule has 14 heteroatoms. The van der Waals surface area contributed by atoms with Gasteiger partial charge in [-0.2, -0.15) is 30.4 Å². The Labute approximate surface area is 125 Å². The van der Waals surface area contributed by atoms with Crippen LogP contribution in [0.15, 0.2) is 12.2 Å². The van der Waals surface area contributed by atoms with Crippen LogP contribution >= 0.6 is 0 Å². The zero-order chi connectivity index (χ0) is 18.9. The van der Waals surface area contributed by atoms with Gasteiger partial charge in [0.25, 0.3) is 0 Å². The highest BCUT2D eigenvalue weighted by Crippen LogP contribution is 2.37. The highest BCUT2D eigenvalue weighted by molar-refractivity contribution is 7.86. The van der Waals surface area contributed by atoms with Gasteiger partial charge in [-0.05, 0) is 6.92 Å². The van der Waals surface area contributed by atoms with Crippen molar-refractivity contribution in [2.75, 3.05) is 6.61 Å². The molecule has 0 amide bonds. The minimum Gasteiger partial charge on any atom is -0.476 e. The maximum absolute atomic E-state index is 12.9. The third-order valence-electron chi connectivity index (χ3n) is 2.06. The van der Waals surface area contributed by atoms with Gasteiger partial charge in [0.15, 0.2) is 0 Å². The molecule has 2 N–H and O–H groups in total. The fraction of sp³-hybridized carbons (Fsp3) is 0.556. The van der Waals surface area contributed by atoms with Crippen LogP contribution in [0.25, 0.3) is 0 Å². The Bertz CT molecular complexity index is 610. The summed E-state index contributed by atoms with van der Waals surface area (Å²) in [6.07, 6.45) is -6.07. The Hall–Kier alpha value is -1.80. The van der Waals surface area contributed by atoms with E-state index in [1.54, 1.807) is 0 Å². The number of alkyl halides is 5.